The molecular formula is H3BO4Pb. The summed E-state index contributed by atoms with van der Waals surface area (Å²) in [5.41, 5.74) is 0. The fraction of sp³-hybridized carbons (Fsp3) is 0. The zero-order valence-corrected chi connectivity index (χ0v) is 7.37. The summed E-state index contributed by atoms with van der Waals surface area (Å²) in [6.07, 6.45) is 0. The molecule has 0 atom stereocenters. The van der Waals surface area contributed by atoms with Crippen LogP contribution in [0.3, 0.4) is 0 Å². The first-order valence-corrected chi connectivity index (χ1v) is 0.707. The van der Waals surface area contributed by atoms with Crippen molar-refractivity contribution >= 4 is 34.6 Å². The third-order valence-corrected chi connectivity index (χ3v) is 0. The summed E-state index contributed by atoms with van der Waals surface area (Å²) in [5.74, 6) is 0. The van der Waals surface area contributed by atoms with Crippen molar-refractivity contribution in [3.05, 3.63) is 0 Å². The van der Waals surface area contributed by atoms with Gasteiger partial charge in [0.1, 0.15) is 0 Å². The number of hydrogen-bond donors (Lipinski definition) is 0. The van der Waals surface area contributed by atoms with E-state index in [1.165, 1.54) is 0 Å². The molecule has 0 heterocycles. The Bertz CT molecular complexity index is 12.3. The van der Waals surface area contributed by atoms with Crippen LogP contribution < -0.4 is 15.1 Å². The van der Waals surface area contributed by atoms with E-state index in [0.29, 0.717) is 0 Å². The molecule has 0 fully saturated rings. The minimum atomic E-state index is -2.92. The van der Waals surface area contributed by atoms with E-state index in [2.05, 4.69) is 0 Å². The van der Waals surface area contributed by atoms with Crippen molar-refractivity contribution in [1.82, 2.24) is 0 Å². The van der Waals surface area contributed by atoms with E-state index in [1.54, 1.807) is 0 Å². The van der Waals surface area contributed by atoms with Crippen LogP contribution in [0.25, 0.3) is 0 Å². The summed E-state index contributed by atoms with van der Waals surface area (Å²) in [6.45, 7) is 0. The van der Waals surface area contributed by atoms with Crippen LogP contribution >= 0.6 is 0 Å². The monoisotopic (exact) mass is 286 g/mol. The van der Waals surface area contributed by atoms with Gasteiger partial charge in [-0.1, -0.05) is 0 Å². The molecule has 0 saturated carbocycles. The Hall–Kier alpha value is 0.827. The van der Waals surface area contributed by atoms with Crippen molar-refractivity contribution in [2.45, 2.75) is 0 Å². The molecule has 0 bridgehead atoms. The molecular weight excluding hydrogens is 282 g/mol. The van der Waals surface area contributed by atoms with Gasteiger partial charge in [-0.3, -0.25) is 7.32 Å². The predicted octanol–water partition coefficient (Wildman–Crippen LogP) is -5.42. The van der Waals surface area contributed by atoms with Crippen LogP contribution in [0.15, 0.2) is 0 Å². The van der Waals surface area contributed by atoms with Gasteiger partial charge in [-0.2, -0.15) is 0 Å². The van der Waals surface area contributed by atoms with E-state index in [9.17, 15) is 0 Å². The Morgan fingerprint density at radius 2 is 1.00 bits per heavy atom. The molecule has 0 aliphatic rings. The van der Waals surface area contributed by atoms with Gasteiger partial charge in [0.05, 0.1) is 0 Å². The third kappa shape index (κ3) is 103. The zero-order valence-electron chi connectivity index (χ0n) is 2.88. The first kappa shape index (κ1) is 15.8. The van der Waals surface area contributed by atoms with Crippen LogP contribution in [0.1, 0.15) is 0 Å². The van der Waals surface area contributed by atoms with Crippen LogP contribution in [0.5, 0.6) is 0 Å². The fourth-order valence-corrected chi connectivity index (χ4v) is 0. The summed E-state index contributed by atoms with van der Waals surface area (Å²) in [6, 6.07) is 0. The zero-order chi connectivity index (χ0) is 3.58. The average Bonchev–Trinajstić information content (AvgIpc) is 0.811. The average molecular weight is 285 g/mol. The molecule has 4 nitrogen and oxygen atoms in total. The Kier molecular flexibility index (Phi) is 24.5. The van der Waals surface area contributed by atoms with Gasteiger partial charge in [-0.15, -0.1) is 0 Å². The second kappa shape index (κ2) is 9.27. The van der Waals surface area contributed by atoms with Crippen LogP contribution in [-0.4, -0.2) is 40.1 Å². The molecule has 34 valence electrons. The topological polar surface area (TPSA) is 101 Å². The summed E-state index contributed by atoms with van der Waals surface area (Å²) in [5, 5.41) is 25.2. The van der Waals surface area contributed by atoms with E-state index < -0.39 is 7.32 Å². The molecule has 6 heteroatoms. The van der Waals surface area contributed by atoms with Gasteiger partial charge in [0.2, 0.25) is 0 Å². The molecule has 0 aromatic rings. The van der Waals surface area contributed by atoms with Crippen molar-refractivity contribution < 1.29 is 20.5 Å². The Morgan fingerprint density at radius 3 is 1.00 bits per heavy atom. The van der Waals surface area contributed by atoms with Crippen molar-refractivity contribution in [2.24, 2.45) is 0 Å². The molecule has 0 unspecified atom stereocenters. The van der Waals surface area contributed by atoms with Gasteiger partial charge in [-0.25, -0.2) is 0 Å². The second-order valence-electron chi connectivity index (χ2n) is 0.289. The van der Waals surface area contributed by atoms with E-state index in [1.807, 2.05) is 0 Å². The van der Waals surface area contributed by atoms with E-state index in [-0.39, 0.29) is 32.8 Å². The number of rotatable bonds is 0. The molecule has 6 heavy (non-hydrogen) atoms. The van der Waals surface area contributed by atoms with E-state index >= 15 is 0 Å². The molecule has 0 radical (unpaired) electrons. The molecule has 0 aliphatic heterocycles. The Morgan fingerprint density at radius 1 is 1.00 bits per heavy atom. The molecule has 0 aliphatic carbocycles. The molecule has 2 N–H and O–H groups in total. The van der Waals surface area contributed by atoms with Gasteiger partial charge in [0.15, 0.2) is 0 Å². The van der Waals surface area contributed by atoms with Crippen molar-refractivity contribution in [3.63, 3.8) is 0 Å². The van der Waals surface area contributed by atoms with Crippen molar-refractivity contribution in [2.75, 3.05) is 0 Å². The third-order valence-electron chi connectivity index (χ3n) is 0. The molecule has 0 spiro atoms. The van der Waals surface area contributed by atoms with Crippen molar-refractivity contribution in [1.29, 1.82) is 0 Å². The van der Waals surface area contributed by atoms with Crippen molar-refractivity contribution in [3.8, 4) is 0 Å². The normalized spacial score (nSPS) is 4.50. The second-order valence-corrected chi connectivity index (χ2v) is 0.289. The molecule has 0 aromatic heterocycles. The Balaban J connectivity index is -0.0000000450. The predicted molar refractivity (Wildman–Crippen MR) is 16.5 cm³/mol. The summed E-state index contributed by atoms with van der Waals surface area (Å²) in [7, 11) is -2.92. The summed E-state index contributed by atoms with van der Waals surface area (Å²) < 4.78 is 0. The quantitative estimate of drug-likeness (QED) is 0.415. The molecule has 0 saturated heterocycles. The van der Waals surface area contributed by atoms with Gasteiger partial charge in [0, 0.05) is 0 Å². The molecule has 0 amide bonds. The van der Waals surface area contributed by atoms with Crippen LogP contribution in [0.2, 0.25) is 0 Å². The maximum absolute atomic E-state index is 8.42. The first-order chi connectivity index (χ1) is 1.73. The molecule has 0 aromatic carbocycles. The fourth-order valence-electron chi connectivity index (χ4n) is 0. The minimum absolute atomic E-state index is 0. The summed E-state index contributed by atoms with van der Waals surface area (Å²) in [4.78, 5) is 0. The summed E-state index contributed by atoms with van der Waals surface area (Å²) >= 11 is 0. The maximum atomic E-state index is 8.42. The van der Waals surface area contributed by atoms with Crippen LogP contribution in [-0.2, 0) is 0 Å². The van der Waals surface area contributed by atoms with E-state index in [4.69, 9.17) is 15.1 Å². The standard InChI is InChI=1S/BO3.H2O.Pb.H/c2-1(3)4;;;/h;1H2;;/q-3;;+3;. The van der Waals surface area contributed by atoms with Crippen LogP contribution in [0, 0.1) is 0 Å². The van der Waals surface area contributed by atoms with Gasteiger partial charge >= 0.3 is 27.3 Å². The van der Waals surface area contributed by atoms with E-state index in [0.717, 1.165) is 0 Å². The van der Waals surface area contributed by atoms with Crippen LogP contribution in [0.4, 0.5) is 0 Å². The van der Waals surface area contributed by atoms with Gasteiger partial charge in [0.25, 0.3) is 0 Å². The Labute approximate surface area is 55.4 Å². The molecule has 0 rings (SSSR count). The first-order valence-electron chi connectivity index (χ1n) is 0.707. The number of hydrogen-bond acceptors (Lipinski definition) is 3. The SMILES string of the molecule is O.[O-]B([O-])[O-].[PbH+3]. The van der Waals surface area contributed by atoms with Gasteiger partial charge < -0.3 is 20.5 Å². The van der Waals surface area contributed by atoms with Gasteiger partial charge in [-0.05, 0) is 0 Å².